The Bertz CT molecular complexity index is 502. The monoisotopic (exact) mass is 245 g/mol. The van der Waals surface area contributed by atoms with Gasteiger partial charge in [-0.05, 0) is 43.3 Å². The Morgan fingerprint density at radius 2 is 2.00 bits per heavy atom. The molecule has 2 aromatic rings. The summed E-state index contributed by atoms with van der Waals surface area (Å²) >= 11 is 0. The Balaban J connectivity index is 2.03. The zero-order valence-electron chi connectivity index (χ0n) is 10.3. The molecular formula is C14H15NO3. The minimum absolute atomic E-state index is 0.137. The molecule has 1 aromatic heterocycles. The highest BCUT2D eigenvalue weighted by Crippen LogP contribution is 2.15. The molecule has 0 aliphatic carbocycles. The number of hydrogen-bond acceptors (Lipinski definition) is 3. The molecule has 1 amide bonds. The van der Waals surface area contributed by atoms with Gasteiger partial charge in [0.1, 0.15) is 11.5 Å². The maximum absolute atomic E-state index is 12.0. The van der Waals surface area contributed by atoms with E-state index in [9.17, 15) is 4.79 Å². The van der Waals surface area contributed by atoms with Gasteiger partial charge in [0.05, 0.1) is 19.4 Å². The van der Waals surface area contributed by atoms with Gasteiger partial charge in [-0.1, -0.05) is 0 Å². The maximum atomic E-state index is 12.0. The van der Waals surface area contributed by atoms with Crippen molar-refractivity contribution in [2.45, 2.75) is 13.0 Å². The van der Waals surface area contributed by atoms with Gasteiger partial charge < -0.3 is 14.5 Å². The molecular weight excluding hydrogens is 230 g/mol. The van der Waals surface area contributed by atoms with Crippen LogP contribution in [0.3, 0.4) is 0 Å². The first-order valence-corrected chi connectivity index (χ1v) is 5.69. The largest absolute Gasteiger partial charge is 0.497 e. The van der Waals surface area contributed by atoms with E-state index in [1.807, 2.05) is 13.0 Å². The van der Waals surface area contributed by atoms with Crippen LogP contribution in [0.15, 0.2) is 47.1 Å². The van der Waals surface area contributed by atoms with Crippen molar-refractivity contribution < 1.29 is 13.9 Å². The van der Waals surface area contributed by atoms with Gasteiger partial charge in [-0.15, -0.1) is 0 Å². The van der Waals surface area contributed by atoms with E-state index >= 15 is 0 Å². The fourth-order valence-corrected chi connectivity index (χ4v) is 1.63. The number of rotatable bonds is 4. The van der Waals surface area contributed by atoms with E-state index in [1.165, 1.54) is 0 Å². The van der Waals surface area contributed by atoms with E-state index in [4.69, 9.17) is 9.15 Å². The van der Waals surface area contributed by atoms with Crippen LogP contribution in [0.5, 0.6) is 5.75 Å². The smallest absolute Gasteiger partial charge is 0.251 e. The van der Waals surface area contributed by atoms with Crippen molar-refractivity contribution in [2.24, 2.45) is 0 Å². The Morgan fingerprint density at radius 1 is 1.28 bits per heavy atom. The molecule has 1 N–H and O–H groups in total. The fraction of sp³-hybridized carbons (Fsp3) is 0.214. The molecule has 94 valence electrons. The summed E-state index contributed by atoms with van der Waals surface area (Å²) in [6, 6.07) is 10.4. The van der Waals surface area contributed by atoms with E-state index < -0.39 is 0 Å². The molecule has 0 aliphatic heterocycles. The Labute approximate surface area is 106 Å². The Hall–Kier alpha value is -2.23. The van der Waals surface area contributed by atoms with Crippen LogP contribution in [0.1, 0.15) is 29.1 Å². The number of methoxy groups -OCH3 is 1. The lowest BCUT2D eigenvalue weighted by molar-refractivity contribution is 0.0935. The normalized spacial score (nSPS) is 11.9. The number of carbonyl (C=O) groups excluding carboxylic acids is 1. The van der Waals surface area contributed by atoms with Gasteiger partial charge >= 0.3 is 0 Å². The van der Waals surface area contributed by atoms with Gasteiger partial charge in [-0.3, -0.25) is 4.79 Å². The molecule has 4 nitrogen and oxygen atoms in total. The fourth-order valence-electron chi connectivity index (χ4n) is 1.63. The molecule has 0 radical (unpaired) electrons. The van der Waals surface area contributed by atoms with Gasteiger partial charge in [0.15, 0.2) is 0 Å². The number of hydrogen-bond donors (Lipinski definition) is 1. The van der Waals surface area contributed by atoms with Crippen LogP contribution in [0, 0.1) is 0 Å². The lowest BCUT2D eigenvalue weighted by Crippen LogP contribution is -2.26. The lowest BCUT2D eigenvalue weighted by Gasteiger charge is -2.11. The number of amides is 1. The van der Waals surface area contributed by atoms with Gasteiger partial charge in [-0.2, -0.15) is 0 Å². The summed E-state index contributed by atoms with van der Waals surface area (Å²) in [5.74, 6) is 1.32. The van der Waals surface area contributed by atoms with Crippen LogP contribution in [0.2, 0.25) is 0 Å². The first-order valence-electron chi connectivity index (χ1n) is 5.69. The zero-order chi connectivity index (χ0) is 13.0. The van der Waals surface area contributed by atoms with Gasteiger partial charge in [-0.25, -0.2) is 0 Å². The van der Waals surface area contributed by atoms with Crippen molar-refractivity contribution in [1.82, 2.24) is 5.32 Å². The summed E-state index contributed by atoms with van der Waals surface area (Å²) in [7, 11) is 1.59. The second kappa shape index (κ2) is 5.40. The first kappa shape index (κ1) is 12.2. The average Bonchev–Trinajstić information content (AvgIpc) is 2.92. The highest BCUT2D eigenvalue weighted by Gasteiger charge is 2.13. The molecule has 2 rings (SSSR count). The quantitative estimate of drug-likeness (QED) is 0.901. The molecule has 0 saturated heterocycles. The van der Waals surface area contributed by atoms with Crippen LogP contribution < -0.4 is 10.1 Å². The molecule has 0 spiro atoms. The summed E-state index contributed by atoms with van der Waals surface area (Å²) in [5, 5.41) is 2.86. The maximum Gasteiger partial charge on any atom is 0.251 e. The molecule has 0 saturated carbocycles. The second-order valence-electron chi connectivity index (χ2n) is 3.94. The topological polar surface area (TPSA) is 51.5 Å². The first-order chi connectivity index (χ1) is 8.70. The van der Waals surface area contributed by atoms with Crippen molar-refractivity contribution in [1.29, 1.82) is 0 Å². The second-order valence-corrected chi connectivity index (χ2v) is 3.94. The lowest BCUT2D eigenvalue weighted by atomic mass is 10.2. The molecule has 1 aromatic carbocycles. The van der Waals surface area contributed by atoms with E-state index in [0.29, 0.717) is 5.56 Å². The average molecular weight is 245 g/mol. The van der Waals surface area contributed by atoms with Crippen LogP contribution in [0.4, 0.5) is 0 Å². The van der Waals surface area contributed by atoms with Gasteiger partial charge in [0.2, 0.25) is 0 Å². The summed E-state index contributed by atoms with van der Waals surface area (Å²) in [5.41, 5.74) is 0.592. The number of carbonyl (C=O) groups is 1. The van der Waals surface area contributed by atoms with Crippen molar-refractivity contribution in [3.8, 4) is 5.75 Å². The van der Waals surface area contributed by atoms with Crippen molar-refractivity contribution in [3.63, 3.8) is 0 Å². The molecule has 1 heterocycles. The van der Waals surface area contributed by atoms with E-state index in [1.54, 1.807) is 43.7 Å². The number of benzene rings is 1. The van der Waals surface area contributed by atoms with E-state index in [2.05, 4.69) is 5.32 Å². The minimum atomic E-state index is -0.158. The third-order valence-electron chi connectivity index (χ3n) is 2.67. The van der Waals surface area contributed by atoms with Crippen molar-refractivity contribution >= 4 is 5.91 Å². The summed E-state index contributed by atoms with van der Waals surface area (Å²) in [6.07, 6.45) is 1.59. The molecule has 0 aliphatic rings. The Morgan fingerprint density at radius 3 is 2.56 bits per heavy atom. The predicted octanol–water partition coefficient (Wildman–Crippen LogP) is 2.78. The number of furan rings is 1. The molecule has 4 heteroatoms. The molecule has 18 heavy (non-hydrogen) atoms. The summed E-state index contributed by atoms with van der Waals surface area (Å²) in [6.45, 7) is 1.88. The van der Waals surface area contributed by atoms with Crippen LogP contribution in [-0.4, -0.2) is 13.0 Å². The minimum Gasteiger partial charge on any atom is -0.497 e. The zero-order valence-corrected chi connectivity index (χ0v) is 10.3. The van der Waals surface area contributed by atoms with Crippen LogP contribution in [-0.2, 0) is 0 Å². The standard InChI is InChI=1S/C14H15NO3/c1-10(13-4-3-9-18-13)15-14(16)11-5-7-12(17-2)8-6-11/h3-10H,1-2H3,(H,15,16). The van der Waals surface area contributed by atoms with E-state index in [0.717, 1.165) is 11.5 Å². The highest BCUT2D eigenvalue weighted by atomic mass is 16.5. The number of ether oxygens (including phenoxy) is 1. The third kappa shape index (κ3) is 2.71. The molecule has 1 unspecified atom stereocenters. The number of nitrogens with one attached hydrogen (secondary N) is 1. The summed E-state index contributed by atoms with van der Waals surface area (Å²) in [4.78, 5) is 12.0. The summed E-state index contributed by atoms with van der Waals surface area (Å²) < 4.78 is 10.3. The predicted molar refractivity (Wildman–Crippen MR) is 67.6 cm³/mol. The van der Waals surface area contributed by atoms with Crippen LogP contribution in [0.25, 0.3) is 0 Å². The van der Waals surface area contributed by atoms with Crippen molar-refractivity contribution in [3.05, 3.63) is 54.0 Å². The Kier molecular flexibility index (Phi) is 3.67. The van der Waals surface area contributed by atoms with E-state index in [-0.39, 0.29) is 11.9 Å². The van der Waals surface area contributed by atoms with Gasteiger partial charge in [0, 0.05) is 5.56 Å². The SMILES string of the molecule is COc1ccc(C(=O)NC(C)c2ccco2)cc1. The van der Waals surface area contributed by atoms with Gasteiger partial charge in [0.25, 0.3) is 5.91 Å². The van der Waals surface area contributed by atoms with Crippen LogP contribution >= 0.6 is 0 Å². The van der Waals surface area contributed by atoms with Crippen molar-refractivity contribution in [2.75, 3.05) is 7.11 Å². The third-order valence-corrected chi connectivity index (χ3v) is 2.67. The highest BCUT2D eigenvalue weighted by molar-refractivity contribution is 5.94. The molecule has 0 fully saturated rings. The molecule has 0 bridgehead atoms. The molecule has 1 atom stereocenters.